The molecule has 3 aromatic rings. The van der Waals surface area contributed by atoms with Gasteiger partial charge in [0.05, 0.1) is 24.8 Å². The number of nitrogens with zero attached hydrogens (tertiary/aromatic N) is 1. The Hall–Kier alpha value is -2.95. The molecule has 3 rings (SSSR count). The summed E-state index contributed by atoms with van der Waals surface area (Å²) in [5.74, 6) is 0.865. The van der Waals surface area contributed by atoms with Gasteiger partial charge in [-0.25, -0.2) is 18.1 Å². The summed E-state index contributed by atoms with van der Waals surface area (Å²) >= 11 is 1.28. The van der Waals surface area contributed by atoms with Crippen LogP contribution in [0.25, 0.3) is 11.3 Å². The molecule has 0 spiro atoms. The summed E-state index contributed by atoms with van der Waals surface area (Å²) in [6, 6.07) is 10.6. The van der Waals surface area contributed by atoms with Crippen LogP contribution < -0.4 is 19.5 Å². The van der Waals surface area contributed by atoms with E-state index >= 15 is 0 Å². The third kappa shape index (κ3) is 5.64. The van der Waals surface area contributed by atoms with Crippen LogP contribution in [0.1, 0.15) is 17.5 Å². The van der Waals surface area contributed by atoms with Crippen LogP contribution in [0.15, 0.2) is 46.7 Å². The molecule has 170 valence electrons. The van der Waals surface area contributed by atoms with Crippen molar-refractivity contribution in [2.24, 2.45) is 0 Å². The number of benzene rings is 2. The second-order valence-corrected chi connectivity index (χ2v) is 9.67. The predicted octanol–water partition coefficient (Wildman–Crippen LogP) is 3.75. The van der Waals surface area contributed by atoms with Crippen LogP contribution in [0, 0.1) is 13.8 Å². The van der Waals surface area contributed by atoms with Crippen LogP contribution in [0.5, 0.6) is 11.5 Å². The molecule has 1 amide bonds. The van der Waals surface area contributed by atoms with E-state index in [9.17, 15) is 13.2 Å². The Balaban J connectivity index is 1.58. The third-order valence-corrected chi connectivity index (χ3v) is 7.07. The van der Waals surface area contributed by atoms with Gasteiger partial charge in [0.1, 0.15) is 0 Å². The zero-order chi connectivity index (χ0) is 23.3. The molecule has 1 aromatic heterocycles. The van der Waals surface area contributed by atoms with E-state index in [4.69, 9.17) is 9.47 Å². The number of rotatable bonds is 9. The average Bonchev–Trinajstić information content (AvgIpc) is 3.21. The van der Waals surface area contributed by atoms with Crippen molar-refractivity contribution in [3.8, 4) is 22.8 Å². The van der Waals surface area contributed by atoms with Crippen LogP contribution >= 0.6 is 11.3 Å². The van der Waals surface area contributed by atoms with Crippen LogP contribution in [-0.2, 0) is 14.8 Å². The normalized spacial score (nSPS) is 11.2. The van der Waals surface area contributed by atoms with Gasteiger partial charge < -0.3 is 14.8 Å². The van der Waals surface area contributed by atoms with Crippen LogP contribution in [0.2, 0.25) is 0 Å². The van der Waals surface area contributed by atoms with Gasteiger partial charge in [0, 0.05) is 23.9 Å². The molecule has 0 aliphatic heterocycles. The molecule has 0 radical (unpaired) electrons. The molecule has 0 aliphatic rings. The number of ether oxygens (including phenoxy) is 2. The molecule has 0 unspecified atom stereocenters. The second-order valence-electron chi connectivity index (χ2n) is 7.07. The molecule has 0 bridgehead atoms. The monoisotopic (exact) mass is 475 g/mol. The number of methoxy groups -OCH3 is 2. The van der Waals surface area contributed by atoms with Gasteiger partial charge in [0.2, 0.25) is 15.9 Å². The smallest absolute Gasteiger partial charge is 0.240 e. The molecule has 32 heavy (non-hydrogen) atoms. The zero-order valence-electron chi connectivity index (χ0n) is 18.3. The standard InChI is InChI=1S/C22H25N3O5S2/c1-14-5-8-20(15(2)11-14)32(27,28)23-10-9-21(26)25-22-24-17(13-31-22)16-6-7-18(29-3)19(12-16)30-4/h5-8,11-13,23H,9-10H2,1-4H3,(H,24,25,26). The first-order chi connectivity index (χ1) is 15.2. The van der Waals surface area contributed by atoms with Crippen LogP contribution in [0.4, 0.5) is 5.13 Å². The Labute approximate surface area is 191 Å². The minimum atomic E-state index is -3.69. The summed E-state index contributed by atoms with van der Waals surface area (Å²) in [5, 5.41) is 4.95. The second kappa shape index (κ2) is 10.1. The topological polar surface area (TPSA) is 107 Å². The fourth-order valence-corrected chi connectivity index (χ4v) is 5.11. The molecule has 0 fully saturated rings. The molecule has 10 heteroatoms. The van der Waals surface area contributed by atoms with Gasteiger partial charge in [-0.1, -0.05) is 17.7 Å². The van der Waals surface area contributed by atoms with Crippen LogP contribution in [0.3, 0.4) is 0 Å². The molecule has 0 saturated carbocycles. The van der Waals surface area contributed by atoms with Gasteiger partial charge >= 0.3 is 0 Å². The van der Waals surface area contributed by atoms with Gasteiger partial charge in [-0.3, -0.25) is 4.79 Å². The van der Waals surface area contributed by atoms with Gasteiger partial charge in [0.25, 0.3) is 0 Å². The van der Waals surface area contributed by atoms with E-state index in [1.54, 1.807) is 51.5 Å². The Kier molecular flexibility index (Phi) is 7.49. The molecule has 0 saturated heterocycles. The van der Waals surface area contributed by atoms with E-state index in [0.717, 1.165) is 11.1 Å². The number of aryl methyl sites for hydroxylation is 2. The molecule has 2 aromatic carbocycles. The first kappa shape index (κ1) is 23.7. The predicted molar refractivity (Wildman–Crippen MR) is 125 cm³/mol. The van der Waals surface area contributed by atoms with Crippen LogP contribution in [-0.4, -0.2) is 40.1 Å². The quantitative estimate of drug-likeness (QED) is 0.488. The summed E-state index contributed by atoms with van der Waals surface area (Å²) < 4.78 is 38.0. The maximum absolute atomic E-state index is 12.5. The minimum Gasteiger partial charge on any atom is -0.493 e. The number of thiazole rings is 1. The van der Waals surface area contributed by atoms with E-state index in [2.05, 4.69) is 15.0 Å². The Morgan fingerprint density at radius 2 is 1.81 bits per heavy atom. The third-order valence-electron chi connectivity index (χ3n) is 4.69. The Morgan fingerprint density at radius 3 is 2.50 bits per heavy atom. The van der Waals surface area contributed by atoms with E-state index in [0.29, 0.717) is 27.9 Å². The highest BCUT2D eigenvalue weighted by molar-refractivity contribution is 7.89. The number of hydrogen-bond donors (Lipinski definition) is 2. The van der Waals surface area contributed by atoms with Crippen molar-refractivity contribution in [3.05, 3.63) is 52.9 Å². The highest BCUT2D eigenvalue weighted by Gasteiger charge is 2.17. The van der Waals surface area contributed by atoms with Gasteiger partial charge in [-0.05, 0) is 43.7 Å². The number of hydrogen-bond acceptors (Lipinski definition) is 7. The number of nitrogens with one attached hydrogen (secondary N) is 2. The Bertz CT molecular complexity index is 1220. The maximum atomic E-state index is 12.5. The van der Waals surface area contributed by atoms with Crippen molar-refractivity contribution in [1.29, 1.82) is 0 Å². The number of sulfonamides is 1. The fraction of sp³-hybridized carbons (Fsp3) is 0.273. The number of aromatic nitrogens is 1. The molecule has 2 N–H and O–H groups in total. The highest BCUT2D eigenvalue weighted by Crippen LogP contribution is 2.33. The summed E-state index contributed by atoms with van der Waals surface area (Å²) in [4.78, 5) is 16.9. The van der Waals surface area contributed by atoms with E-state index < -0.39 is 10.0 Å². The first-order valence-corrected chi connectivity index (χ1v) is 12.1. The molecule has 0 aliphatic carbocycles. The van der Waals surface area contributed by atoms with E-state index in [1.165, 1.54) is 11.3 Å². The maximum Gasteiger partial charge on any atom is 0.240 e. The fourth-order valence-electron chi connectivity index (χ4n) is 3.12. The van der Waals surface area contributed by atoms with Gasteiger partial charge in [0.15, 0.2) is 16.6 Å². The molecular formula is C22H25N3O5S2. The lowest BCUT2D eigenvalue weighted by Gasteiger charge is -2.10. The largest absolute Gasteiger partial charge is 0.493 e. The van der Waals surface area contributed by atoms with Gasteiger partial charge in [-0.15, -0.1) is 11.3 Å². The molecule has 8 nitrogen and oxygen atoms in total. The van der Waals surface area contributed by atoms with Crippen molar-refractivity contribution in [1.82, 2.24) is 9.71 Å². The molecule has 0 atom stereocenters. The van der Waals surface area contributed by atoms with Gasteiger partial charge in [-0.2, -0.15) is 0 Å². The van der Waals surface area contributed by atoms with E-state index in [1.807, 2.05) is 18.4 Å². The van der Waals surface area contributed by atoms with Crippen molar-refractivity contribution in [2.45, 2.75) is 25.2 Å². The summed E-state index contributed by atoms with van der Waals surface area (Å²) in [7, 11) is -0.562. The number of anilines is 1. The SMILES string of the molecule is COc1ccc(-c2csc(NC(=O)CCNS(=O)(=O)c3ccc(C)cc3C)n2)cc1OC. The Morgan fingerprint density at radius 1 is 1.06 bits per heavy atom. The number of amides is 1. The van der Waals surface area contributed by atoms with Crippen molar-refractivity contribution in [2.75, 3.05) is 26.1 Å². The summed E-state index contributed by atoms with van der Waals surface area (Å²) in [6.07, 6.45) is -0.0184. The van der Waals surface area contributed by atoms with Crippen molar-refractivity contribution in [3.63, 3.8) is 0 Å². The zero-order valence-corrected chi connectivity index (χ0v) is 19.9. The number of carbonyl (C=O) groups excluding carboxylic acids is 1. The minimum absolute atomic E-state index is 0.0184. The molecule has 1 heterocycles. The lowest BCUT2D eigenvalue weighted by molar-refractivity contribution is -0.116. The summed E-state index contributed by atoms with van der Waals surface area (Å²) in [5.41, 5.74) is 3.14. The van der Waals surface area contributed by atoms with Crippen molar-refractivity contribution < 1.29 is 22.7 Å². The first-order valence-electron chi connectivity index (χ1n) is 9.78. The lowest BCUT2D eigenvalue weighted by atomic mass is 10.1. The van der Waals surface area contributed by atoms with E-state index in [-0.39, 0.29) is 23.8 Å². The average molecular weight is 476 g/mol. The lowest BCUT2D eigenvalue weighted by Crippen LogP contribution is -2.28. The summed E-state index contributed by atoms with van der Waals surface area (Å²) in [6.45, 7) is 3.62. The highest BCUT2D eigenvalue weighted by atomic mass is 32.2. The number of carbonyl (C=O) groups is 1. The van der Waals surface area contributed by atoms with Crippen molar-refractivity contribution >= 4 is 32.4 Å². The molecular weight excluding hydrogens is 450 g/mol.